The third-order valence-electron chi connectivity index (χ3n) is 6.86. The Kier molecular flexibility index (Phi) is 18.1. The summed E-state index contributed by atoms with van der Waals surface area (Å²) in [5.74, 6) is -0.168. The summed E-state index contributed by atoms with van der Waals surface area (Å²) in [6.45, 7) is 8.84. The van der Waals surface area contributed by atoms with Gasteiger partial charge in [0.25, 0.3) is 0 Å². The first-order chi connectivity index (χ1) is 13.6. The van der Waals surface area contributed by atoms with Gasteiger partial charge in [-0.25, -0.2) is 0 Å². The third-order valence-corrected chi connectivity index (χ3v) is 6.86. The molecule has 168 valence electrons. The van der Waals surface area contributed by atoms with Gasteiger partial charge in [-0.15, -0.1) is 0 Å². The zero-order valence-electron chi connectivity index (χ0n) is 19.9. The first-order valence-electron chi connectivity index (χ1n) is 12.8. The lowest BCUT2D eigenvalue weighted by Gasteiger charge is -2.37. The van der Waals surface area contributed by atoms with Crippen LogP contribution in [0.25, 0.3) is 0 Å². The maximum atomic E-state index is 12.4. The maximum Gasteiger partial charge on any atom is 0.309 e. The molecular weight excluding hydrogens is 344 g/mol. The Morgan fingerprint density at radius 1 is 0.643 bits per heavy atom. The summed E-state index contributed by atoms with van der Waals surface area (Å²) in [5.41, 5.74) is -0.484. The predicted molar refractivity (Wildman–Crippen MR) is 124 cm³/mol. The van der Waals surface area contributed by atoms with Crippen molar-refractivity contribution in [3.63, 3.8) is 0 Å². The summed E-state index contributed by atoms with van der Waals surface area (Å²) in [4.78, 5) is 12.4. The topological polar surface area (TPSA) is 37.3 Å². The number of carboxylic acid groups (broad SMARTS) is 1. The molecule has 2 nitrogen and oxygen atoms in total. The molecule has 0 rings (SSSR count). The Balaban J connectivity index is 4.52. The van der Waals surface area contributed by atoms with Gasteiger partial charge in [-0.1, -0.05) is 124 Å². The molecule has 2 atom stereocenters. The highest BCUT2D eigenvalue weighted by molar-refractivity contribution is 5.75. The fourth-order valence-electron chi connectivity index (χ4n) is 4.89. The van der Waals surface area contributed by atoms with E-state index in [1.54, 1.807) is 0 Å². The van der Waals surface area contributed by atoms with Crippen LogP contribution in [0, 0.1) is 11.3 Å². The predicted octanol–water partition coefficient (Wildman–Crippen LogP) is 9.17. The van der Waals surface area contributed by atoms with E-state index >= 15 is 0 Å². The largest absolute Gasteiger partial charge is 0.481 e. The summed E-state index contributed by atoms with van der Waals surface area (Å²) < 4.78 is 0. The van der Waals surface area contributed by atoms with E-state index in [0.717, 1.165) is 38.5 Å². The van der Waals surface area contributed by atoms with Gasteiger partial charge in [0, 0.05) is 0 Å². The smallest absolute Gasteiger partial charge is 0.309 e. The molecule has 0 saturated carbocycles. The minimum Gasteiger partial charge on any atom is -0.481 e. The molecule has 0 aliphatic rings. The highest BCUT2D eigenvalue weighted by Gasteiger charge is 2.42. The van der Waals surface area contributed by atoms with E-state index in [1.165, 1.54) is 83.5 Å². The lowest BCUT2D eigenvalue weighted by atomic mass is 9.66. The fraction of sp³-hybridized carbons (Fsp3) is 0.962. The lowest BCUT2D eigenvalue weighted by Crippen LogP contribution is -2.38. The quantitative estimate of drug-likeness (QED) is 0.196. The van der Waals surface area contributed by atoms with Crippen LogP contribution in [0.4, 0.5) is 0 Å². The van der Waals surface area contributed by atoms with Gasteiger partial charge in [0.15, 0.2) is 0 Å². The van der Waals surface area contributed by atoms with Crippen LogP contribution in [0.5, 0.6) is 0 Å². The molecule has 0 saturated heterocycles. The second kappa shape index (κ2) is 18.5. The molecule has 28 heavy (non-hydrogen) atoms. The summed E-state index contributed by atoms with van der Waals surface area (Å²) in [5, 5.41) is 10.2. The van der Waals surface area contributed by atoms with Crippen molar-refractivity contribution in [2.24, 2.45) is 11.3 Å². The van der Waals surface area contributed by atoms with Gasteiger partial charge in [0.05, 0.1) is 5.41 Å². The zero-order valence-corrected chi connectivity index (χ0v) is 19.9. The van der Waals surface area contributed by atoms with Gasteiger partial charge in [0.2, 0.25) is 0 Å². The molecule has 0 heterocycles. The maximum absolute atomic E-state index is 12.4. The average molecular weight is 397 g/mol. The molecule has 0 fully saturated rings. The molecule has 2 heteroatoms. The Bertz CT molecular complexity index is 352. The SMILES string of the molecule is CCCCCCCCCCC(CC)(C(=O)O)C(CCC)CCCCCCCC. The monoisotopic (exact) mass is 396 g/mol. The molecule has 2 unspecified atom stereocenters. The first-order valence-corrected chi connectivity index (χ1v) is 12.8. The van der Waals surface area contributed by atoms with Crippen LogP contribution in [0.1, 0.15) is 150 Å². The zero-order chi connectivity index (χ0) is 21.1. The van der Waals surface area contributed by atoms with Gasteiger partial charge < -0.3 is 5.11 Å². The van der Waals surface area contributed by atoms with Crippen molar-refractivity contribution in [2.45, 2.75) is 150 Å². The first kappa shape index (κ1) is 27.5. The van der Waals surface area contributed by atoms with Crippen LogP contribution in [-0.4, -0.2) is 11.1 Å². The second-order valence-corrected chi connectivity index (χ2v) is 9.08. The van der Waals surface area contributed by atoms with Gasteiger partial charge in [-0.2, -0.15) is 0 Å². The van der Waals surface area contributed by atoms with Crippen molar-refractivity contribution in [3.05, 3.63) is 0 Å². The van der Waals surface area contributed by atoms with Gasteiger partial charge in [0.1, 0.15) is 0 Å². The van der Waals surface area contributed by atoms with Crippen molar-refractivity contribution < 1.29 is 9.90 Å². The molecule has 0 aliphatic carbocycles. The van der Waals surface area contributed by atoms with E-state index in [9.17, 15) is 9.90 Å². The fourth-order valence-corrected chi connectivity index (χ4v) is 4.89. The number of hydrogen-bond acceptors (Lipinski definition) is 1. The van der Waals surface area contributed by atoms with E-state index in [1.807, 2.05) is 0 Å². The van der Waals surface area contributed by atoms with E-state index in [4.69, 9.17) is 0 Å². The van der Waals surface area contributed by atoms with Crippen LogP contribution < -0.4 is 0 Å². The molecule has 0 aromatic rings. The number of unbranched alkanes of at least 4 members (excludes halogenated alkanes) is 12. The summed E-state index contributed by atoms with van der Waals surface area (Å²) >= 11 is 0. The number of carboxylic acids is 1. The molecular formula is C26H52O2. The van der Waals surface area contributed by atoms with Crippen LogP contribution in [0.3, 0.4) is 0 Å². The molecule has 0 spiro atoms. The molecule has 0 aliphatic heterocycles. The minimum absolute atomic E-state index is 0.357. The van der Waals surface area contributed by atoms with Crippen LogP contribution in [0.2, 0.25) is 0 Å². The molecule has 0 aromatic heterocycles. The normalized spacial score (nSPS) is 14.7. The van der Waals surface area contributed by atoms with Crippen LogP contribution >= 0.6 is 0 Å². The molecule has 0 amide bonds. The van der Waals surface area contributed by atoms with E-state index in [0.29, 0.717) is 5.92 Å². The van der Waals surface area contributed by atoms with E-state index in [-0.39, 0.29) is 0 Å². The number of rotatable bonds is 21. The average Bonchev–Trinajstić information content (AvgIpc) is 2.69. The Labute approximate surface area is 177 Å². The van der Waals surface area contributed by atoms with E-state index in [2.05, 4.69) is 27.7 Å². The van der Waals surface area contributed by atoms with Crippen molar-refractivity contribution >= 4 is 5.97 Å². The molecule has 0 aromatic carbocycles. The lowest BCUT2D eigenvalue weighted by molar-refractivity contribution is -0.154. The Hall–Kier alpha value is -0.530. The Morgan fingerprint density at radius 3 is 1.54 bits per heavy atom. The number of aliphatic carboxylic acids is 1. The van der Waals surface area contributed by atoms with Crippen molar-refractivity contribution in [1.82, 2.24) is 0 Å². The van der Waals surface area contributed by atoms with Gasteiger partial charge in [-0.3, -0.25) is 4.79 Å². The number of carbonyl (C=O) groups is 1. The van der Waals surface area contributed by atoms with Crippen molar-refractivity contribution in [2.75, 3.05) is 0 Å². The van der Waals surface area contributed by atoms with Gasteiger partial charge in [-0.05, 0) is 31.6 Å². The number of hydrogen-bond donors (Lipinski definition) is 1. The minimum atomic E-state index is -0.526. The third kappa shape index (κ3) is 11.5. The van der Waals surface area contributed by atoms with E-state index < -0.39 is 11.4 Å². The highest BCUT2D eigenvalue weighted by atomic mass is 16.4. The molecule has 0 radical (unpaired) electrons. The van der Waals surface area contributed by atoms with Crippen LogP contribution in [-0.2, 0) is 4.79 Å². The summed E-state index contributed by atoms with van der Waals surface area (Å²) in [7, 11) is 0. The second-order valence-electron chi connectivity index (χ2n) is 9.08. The summed E-state index contributed by atoms with van der Waals surface area (Å²) in [6, 6.07) is 0. The summed E-state index contributed by atoms with van der Waals surface area (Å²) in [6.07, 6.45) is 23.0. The highest BCUT2D eigenvalue weighted by Crippen LogP contribution is 2.43. The van der Waals surface area contributed by atoms with Crippen molar-refractivity contribution in [1.29, 1.82) is 0 Å². The van der Waals surface area contributed by atoms with Crippen molar-refractivity contribution in [3.8, 4) is 0 Å². The molecule has 1 N–H and O–H groups in total. The van der Waals surface area contributed by atoms with Crippen LogP contribution in [0.15, 0.2) is 0 Å². The molecule has 0 bridgehead atoms. The standard InChI is InChI=1S/C26H52O2/c1-5-9-11-13-15-16-18-20-23-26(8-4,25(27)28)24(21-7-3)22-19-17-14-12-10-6-2/h24H,5-23H2,1-4H3,(H,27,28). The van der Waals surface area contributed by atoms with Gasteiger partial charge >= 0.3 is 5.97 Å². The Morgan fingerprint density at radius 2 is 1.11 bits per heavy atom.